The minimum Gasteiger partial charge on any atom is -0.389 e. The van der Waals surface area contributed by atoms with Crippen LogP contribution in [0.5, 0.6) is 0 Å². The number of aliphatic hydroxyl groups excluding tert-OH is 2. The van der Waals surface area contributed by atoms with Gasteiger partial charge in [-0.1, -0.05) is 12.1 Å². The number of para-hydroxylation sites is 1. The lowest BCUT2D eigenvalue weighted by molar-refractivity contribution is 0.0572. The molecule has 1 fully saturated rings. The van der Waals surface area contributed by atoms with Gasteiger partial charge < -0.3 is 15.1 Å². The zero-order valence-corrected chi connectivity index (χ0v) is 9.62. The molecule has 0 spiro atoms. The van der Waals surface area contributed by atoms with E-state index in [-0.39, 0.29) is 5.82 Å². The van der Waals surface area contributed by atoms with E-state index < -0.39 is 12.2 Å². The fourth-order valence-corrected chi connectivity index (χ4v) is 2.37. The maximum Gasteiger partial charge on any atom is 0.149 e. The van der Waals surface area contributed by atoms with Gasteiger partial charge in [-0.05, 0) is 12.1 Å². The molecule has 1 aromatic carbocycles. The van der Waals surface area contributed by atoms with Crippen LogP contribution in [0.2, 0.25) is 0 Å². The standard InChI is InChI=1S/C13H13FN2O2/c14-9-3-1-2-8-10(4-5-15-13(8)9)16-6-11(17)12(18)7-16/h1-5,11-12,17-18H,6-7H2/t11-,12+. The summed E-state index contributed by atoms with van der Waals surface area (Å²) in [6.45, 7) is 0.688. The van der Waals surface area contributed by atoms with Crippen molar-refractivity contribution in [1.29, 1.82) is 0 Å². The molecule has 0 saturated carbocycles. The van der Waals surface area contributed by atoms with Crippen LogP contribution in [0.15, 0.2) is 30.5 Å². The largest absolute Gasteiger partial charge is 0.389 e. The summed E-state index contributed by atoms with van der Waals surface area (Å²) in [6.07, 6.45) is 0.0150. The Morgan fingerprint density at radius 3 is 2.61 bits per heavy atom. The van der Waals surface area contributed by atoms with Gasteiger partial charge in [0.15, 0.2) is 0 Å². The molecule has 0 aliphatic carbocycles. The minimum atomic E-state index is -0.762. The maximum absolute atomic E-state index is 13.6. The number of β-amino-alcohol motifs (C(OH)–C–C–N with tert-alkyl or cyclic N) is 2. The molecule has 1 aliphatic rings. The molecule has 4 nitrogen and oxygen atoms in total. The predicted molar refractivity (Wildman–Crippen MR) is 65.9 cm³/mol. The highest BCUT2D eigenvalue weighted by Gasteiger charge is 2.30. The van der Waals surface area contributed by atoms with E-state index in [0.29, 0.717) is 24.0 Å². The fourth-order valence-electron chi connectivity index (χ4n) is 2.37. The lowest BCUT2D eigenvalue weighted by Gasteiger charge is -2.19. The van der Waals surface area contributed by atoms with Crippen LogP contribution >= 0.6 is 0 Å². The highest BCUT2D eigenvalue weighted by atomic mass is 19.1. The average Bonchev–Trinajstić information content (AvgIpc) is 2.69. The molecule has 0 radical (unpaired) electrons. The molecule has 0 bridgehead atoms. The van der Waals surface area contributed by atoms with Crippen molar-refractivity contribution < 1.29 is 14.6 Å². The number of nitrogens with zero attached hydrogens (tertiary/aromatic N) is 2. The van der Waals surface area contributed by atoms with Gasteiger partial charge in [0.25, 0.3) is 0 Å². The summed E-state index contributed by atoms with van der Waals surface area (Å²) in [6, 6.07) is 6.56. The summed E-state index contributed by atoms with van der Waals surface area (Å²) < 4.78 is 13.6. The van der Waals surface area contributed by atoms with Crippen LogP contribution in [0.1, 0.15) is 0 Å². The van der Waals surface area contributed by atoms with Crippen molar-refractivity contribution in [3.63, 3.8) is 0 Å². The number of benzene rings is 1. The topological polar surface area (TPSA) is 56.6 Å². The number of hydrogen-bond acceptors (Lipinski definition) is 4. The smallest absolute Gasteiger partial charge is 0.149 e. The maximum atomic E-state index is 13.6. The molecule has 1 aromatic heterocycles. The van der Waals surface area contributed by atoms with Crippen LogP contribution in [-0.2, 0) is 0 Å². The number of pyridine rings is 1. The first-order chi connectivity index (χ1) is 8.66. The molecule has 18 heavy (non-hydrogen) atoms. The number of halogens is 1. The Bertz CT molecular complexity index is 580. The summed E-state index contributed by atoms with van der Waals surface area (Å²) in [5.74, 6) is -0.366. The van der Waals surface area contributed by atoms with Crippen LogP contribution < -0.4 is 4.90 Å². The van der Waals surface area contributed by atoms with Crippen molar-refractivity contribution in [3.8, 4) is 0 Å². The van der Waals surface area contributed by atoms with Crippen LogP contribution in [0.25, 0.3) is 10.9 Å². The van der Waals surface area contributed by atoms with E-state index in [1.807, 2.05) is 4.90 Å². The summed E-state index contributed by atoms with van der Waals surface area (Å²) in [5, 5.41) is 19.8. The Labute approximate surface area is 103 Å². The van der Waals surface area contributed by atoms with E-state index in [4.69, 9.17) is 0 Å². The monoisotopic (exact) mass is 248 g/mol. The van der Waals surface area contributed by atoms with Crippen LogP contribution in [-0.4, -0.2) is 40.5 Å². The molecule has 0 amide bonds. The molecule has 2 N–H and O–H groups in total. The SMILES string of the molecule is O[C@@H]1CN(c2ccnc3c(F)cccc23)C[C@@H]1O. The molecule has 1 saturated heterocycles. The van der Waals surface area contributed by atoms with Crippen molar-refractivity contribution >= 4 is 16.6 Å². The first kappa shape index (κ1) is 11.4. The Hall–Kier alpha value is -1.72. The van der Waals surface area contributed by atoms with Crippen LogP contribution in [0, 0.1) is 5.82 Å². The predicted octanol–water partition coefficient (Wildman–Crippen LogP) is 0.916. The highest BCUT2D eigenvalue weighted by Crippen LogP contribution is 2.29. The second kappa shape index (κ2) is 4.19. The second-order valence-electron chi connectivity index (χ2n) is 4.51. The van der Waals surface area contributed by atoms with E-state index in [2.05, 4.69) is 4.98 Å². The first-order valence-electron chi connectivity index (χ1n) is 5.81. The number of aromatic nitrogens is 1. The Morgan fingerprint density at radius 2 is 1.89 bits per heavy atom. The summed E-state index contributed by atoms with van der Waals surface area (Å²) >= 11 is 0. The number of rotatable bonds is 1. The lowest BCUT2D eigenvalue weighted by Crippen LogP contribution is -2.22. The Balaban J connectivity index is 2.10. The minimum absolute atomic E-state index is 0.311. The molecule has 3 rings (SSSR count). The van der Waals surface area contributed by atoms with E-state index in [9.17, 15) is 14.6 Å². The molecule has 0 unspecified atom stereocenters. The molecular weight excluding hydrogens is 235 g/mol. The van der Waals surface area contributed by atoms with Crippen molar-refractivity contribution in [2.75, 3.05) is 18.0 Å². The molecule has 2 heterocycles. The quantitative estimate of drug-likeness (QED) is 0.788. The summed E-state index contributed by atoms with van der Waals surface area (Å²) in [5.41, 5.74) is 1.10. The number of aliphatic hydroxyl groups is 2. The number of anilines is 1. The highest BCUT2D eigenvalue weighted by molar-refractivity contribution is 5.92. The molecule has 2 aromatic rings. The molecule has 2 atom stereocenters. The van der Waals surface area contributed by atoms with Gasteiger partial charge in [0.1, 0.15) is 11.3 Å². The van der Waals surface area contributed by atoms with Gasteiger partial charge in [-0.25, -0.2) is 4.39 Å². The van der Waals surface area contributed by atoms with Crippen molar-refractivity contribution in [3.05, 3.63) is 36.3 Å². The summed E-state index contributed by atoms with van der Waals surface area (Å²) in [7, 11) is 0. The zero-order chi connectivity index (χ0) is 12.7. The molecule has 5 heteroatoms. The molecule has 1 aliphatic heterocycles. The van der Waals surface area contributed by atoms with Crippen LogP contribution in [0.3, 0.4) is 0 Å². The number of hydrogen-bond donors (Lipinski definition) is 2. The summed E-state index contributed by atoms with van der Waals surface area (Å²) in [4.78, 5) is 5.87. The van der Waals surface area contributed by atoms with E-state index in [1.54, 1.807) is 18.2 Å². The zero-order valence-electron chi connectivity index (χ0n) is 9.62. The lowest BCUT2D eigenvalue weighted by atomic mass is 10.1. The van der Waals surface area contributed by atoms with Gasteiger partial charge >= 0.3 is 0 Å². The van der Waals surface area contributed by atoms with E-state index in [1.165, 1.54) is 12.3 Å². The molecule has 94 valence electrons. The van der Waals surface area contributed by atoms with Gasteiger partial charge in [0.05, 0.1) is 12.2 Å². The van der Waals surface area contributed by atoms with E-state index >= 15 is 0 Å². The van der Waals surface area contributed by atoms with Gasteiger partial charge in [-0.3, -0.25) is 4.98 Å². The van der Waals surface area contributed by atoms with Gasteiger partial charge in [0.2, 0.25) is 0 Å². The average molecular weight is 248 g/mol. The third-order valence-electron chi connectivity index (χ3n) is 3.30. The van der Waals surface area contributed by atoms with Gasteiger partial charge in [-0.2, -0.15) is 0 Å². The Kier molecular flexibility index (Phi) is 2.65. The van der Waals surface area contributed by atoms with Crippen molar-refractivity contribution in [1.82, 2.24) is 4.98 Å². The van der Waals surface area contributed by atoms with E-state index in [0.717, 1.165) is 5.69 Å². The first-order valence-corrected chi connectivity index (χ1v) is 5.81. The molecular formula is C13H13FN2O2. The third kappa shape index (κ3) is 1.72. The van der Waals surface area contributed by atoms with Gasteiger partial charge in [-0.15, -0.1) is 0 Å². The normalized spacial score (nSPS) is 23.8. The third-order valence-corrected chi connectivity index (χ3v) is 3.30. The second-order valence-corrected chi connectivity index (χ2v) is 4.51. The number of fused-ring (bicyclic) bond motifs is 1. The van der Waals surface area contributed by atoms with Gasteiger partial charge in [0, 0.05) is 30.4 Å². The fraction of sp³-hybridized carbons (Fsp3) is 0.308. The Morgan fingerprint density at radius 1 is 1.17 bits per heavy atom. The van der Waals surface area contributed by atoms with Crippen molar-refractivity contribution in [2.45, 2.75) is 12.2 Å². The van der Waals surface area contributed by atoms with Crippen LogP contribution in [0.4, 0.5) is 10.1 Å². The van der Waals surface area contributed by atoms with Crippen molar-refractivity contribution in [2.24, 2.45) is 0 Å².